The second-order valence-electron chi connectivity index (χ2n) is 10.2. The lowest BCUT2D eigenvalue weighted by Crippen LogP contribution is -2.09. The van der Waals surface area contributed by atoms with E-state index < -0.39 is 0 Å². The van der Waals surface area contributed by atoms with Gasteiger partial charge in [-0.25, -0.2) is 0 Å². The third-order valence-electron chi connectivity index (χ3n) is 7.82. The van der Waals surface area contributed by atoms with E-state index in [0.29, 0.717) is 0 Å². The Morgan fingerprint density at radius 1 is 0.350 bits per heavy atom. The Hall–Kier alpha value is -4.92. The second kappa shape index (κ2) is 9.37. The van der Waals surface area contributed by atoms with E-state index in [-0.39, 0.29) is 0 Å². The minimum atomic E-state index is 1.14. The van der Waals surface area contributed by atoms with Crippen molar-refractivity contribution in [2.45, 2.75) is 0 Å². The molecule has 8 rings (SSSR count). The highest BCUT2D eigenvalue weighted by molar-refractivity contribution is 7.25. The van der Waals surface area contributed by atoms with Crippen molar-refractivity contribution in [2.24, 2.45) is 0 Å². The van der Waals surface area contributed by atoms with E-state index in [1.807, 2.05) is 11.3 Å². The summed E-state index contributed by atoms with van der Waals surface area (Å²) in [5.74, 6) is 0. The predicted molar refractivity (Wildman–Crippen MR) is 174 cm³/mol. The highest BCUT2D eigenvalue weighted by atomic mass is 32.1. The average Bonchev–Trinajstić information content (AvgIpc) is 3.39. The van der Waals surface area contributed by atoms with Crippen molar-refractivity contribution in [1.29, 1.82) is 0 Å². The van der Waals surface area contributed by atoms with Crippen molar-refractivity contribution >= 4 is 70.1 Å². The first kappa shape index (κ1) is 23.0. The summed E-state index contributed by atoms with van der Waals surface area (Å²) in [4.78, 5) is 2.35. The Kier molecular flexibility index (Phi) is 5.39. The SMILES string of the molecule is c1ccc(-c2ccc(N(c3ccccc3)c3ccc4ccc5cc6sc7ccccc7c6cc5c4c3)cc2)cc1. The third kappa shape index (κ3) is 3.85. The number of para-hydroxylation sites is 1. The maximum atomic E-state index is 2.40. The van der Waals surface area contributed by atoms with Crippen LogP contribution in [0.3, 0.4) is 0 Å². The molecule has 0 aliphatic carbocycles. The van der Waals surface area contributed by atoms with Gasteiger partial charge in [-0.05, 0) is 87.3 Å². The third-order valence-corrected chi connectivity index (χ3v) is 8.96. The van der Waals surface area contributed by atoms with Crippen LogP contribution in [-0.2, 0) is 0 Å². The largest absolute Gasteiger partial charge is 0.310 e. The molecule has 7 aromatic carbocycles. The van der Waals surface area contributed by atoms with Gasteiger partial charge in [-0.3, -0.25) is 0 Å². The van der Waals surface area contributed by atoms with E-state index in [0.717, 1.165) is 17.1 Å². The van der Waals surface area contributed by atoms with Crippen LogP contribution < -0.4 is 4.90 Å². The van der Waals surface area contributed by atoms with Crippen LogP contribution in [0.1, 0.15) is 0 Å². The van der Waals surface area contributed by atoms with Crippen molar-refractivity contribution in [3.8, 4) is 11.1 Å². The van der Waals surface area contributed by atoms with Gasteiger partial charge >= 0.3 is 0 Å². The van der Waals surface area contributed by atoms with Crippen molar-refractivity contribution < 1.29 is 0 Å². The fraction of sp³-hybridized carbons (Fsp3) is 0. The molecule has 0 saturated carbocycles. The highest BCUT2D eigenvalue weighted by Crippen LogP contribution is 2.41. The summed E-state index contributed by atoms with van der Waals surface area (Å²) in [5.41, 5.74) is 5.87. The zero-order chi connectivity index (χ0) is 26.5. The van der Waals surface area contributed by atoms with Gasteiger partial charge in [-0.2, -0.15) is 0 Å². The van der Waals surface area contributed by atoms with Crippen molar-refractivity contribution in [3.63, 3.8) is 0 Å². The lowest BCUT2D eigenvalue weighted by molar-refractivity contribution is 1.29. The molecule has 0 fully saturated rings. The molecule has 0 spiro atoms. The fourth-order valence-corrected chi connectivity index (χ4v) is 6.99. The summed E-state index contributed by atoms with van der Waals surface area (Å²) < 4.78 is 2.68. The number of fused-ring (bicyclic) bond motifs is 6. The average molecular weight is 528 g/mol. The molecule has 1 nitrogen and oxygen atoms in total. The van der Waals surface area contributed by atoms with E-state index >= 15 is 0 Å². The lowest BCUT2D eigenvalue weighted by atomic mass is 9.99. The summed E-state index contributed by atoms with van der Waals surface area (Å²) in [6.07, 6.45) is 0. The first-order valence-electron chi connectivity index (χ1n) is 13.6. The van der Waals surface area contributed by atoms with Gasteiger partial charge < -0.3 is 4.90 Å². The smallest absolute Gasteiger partial charge is 0.0468 e. The summed E-state index contributed by atoms with van der Waals surface area (Å²) >= 11 is 1.88. The fourth-order valence-electron chi connectivity index (χ4n) is 5.86. The molecule has 0 radical (unpaired) electrons. The van der Waals surface area contributed by atoms with Crippen molar-refractivity contribution in [2.75, 3.05) is 4.90 Å². The van der Waals surface area contributed by atoms with Gasteiger partial charge in [0.15, 0.2) is 0 Å². The van der Waals surface area contributed by atoms with Gasteiger partial charge in [0.1, 0.15) is 0 Å². The van der Waals surface area contributed by atoms with E-state index in [2.05, 4.69) is 157 Å². The number of benzene rings is 7. The zero-order valence-electron chi connectivity index (χ0n) is 21.8. The van der Waals surface area contributed by atoms with Gasteiger partial charge in [-0.15, -0.1) is 11.3 Å². The van der Waals surface area contributed by atoms with E-state index in [9.17, 15) is 0 Å². The minimum absolute atomic E-state index is 1.14. The molecular weight excluding hydrogens is 502 g/mol. The predicted octanol–water partition coefficient (Wildman–Crippen LogP) is 11.5. The van der Waals surface area contributed by atoms with Gasteiger partial charge in [0.2, 0.25) is 0 Å². The van der Waals surface area contributed by atoms with E-state index in [4.69, 9.17) is 0 Å². The first-order valence-corrected chi connectivity index (χ1v) is 14.4. The number of hydrogen-bond acceptors (Lipinski definition) is 2. The van der Waals surface area contributed by atoms with Crippen LogP contribution in [0, 0.1) is 0 Å². The number of rotatable bonds is 4. The standard InChI is InChI=1S/C38H25NS/c1-3-9-26(10-4-1)27-17-20-31(21-18-27)39(30-11-5-2-6-12-30)32-22-19-28-15-16-29-23-38-36(25-35(29)34(28)24-32)33-13-7-8-14-37(33)40-38/h1-25H. The summed E-state index contributed by atoms with van der Waals surface area (Å²) in [6, 6.07) is 55.0. The molecule has 8 aromatic rings. The molecule has 0 atom stereocenters. The van der Waals surface area contributed by atoms with Crippen LogP contribution >= 0.6 is 11.3 Å². The second-order valence-corrected chi connectivity index (χ2v) is 11.3. The Morgan fingerprint density at radius 2 is 0.950 bits per heavy atom. The highest BCUT2D eigenvalue weighted by Gasteiger charge is 2.15. The van der Waals surface area contributed by atoms with Crippen molar-refractivity contribution in [3.05, 3.63) is 152 Å². The minimum Gasteiger partial charge on any atom is -0.310 e. The van der Waals surface area contributed by atoms with Crippen LogP contribution in [-0.4, -0.2) is 0 Å². The number of anilines is 3. The zero-order valence-corrected chi connectivity index (χ0v) is 22.6. The van der Waals surface area contributed by atoms with Gasteiger partial charge in [0.05, 0.1) is 0 Å². The molecule has 0 amide bonds. The van der Waals surface area contributed by atoms with Gasteiger partial charge in [-0.1, -0.05) is 97.1 Å². The van der Waals surface area contributed by atoms with Gasteiger partial charge in [0, 0.05) is 37.2 Å². The molecule has 40 heavy (non-hydrogen) atoms. The molecule has 0 aliphatic heterocycles. The van der Waals surface area contributed by atoms with Crippen LogP contribution in [0.4, 0.5) is 17.1 Å². The molecule has 1 aromatic heterocycles. The van der Waals surface area contributed by atoms with Crippen molar-refractivity contribution in [1.82, 2.24) is 0 Å². The molecule has 0 N–H and O–H groups in total. The normalized spacial score (nSPS) is 11.5. The molecule has 188 valence electrons. The molecule has 1 heterocycles. The Labute approximate surface area is 237 Å². The summed E-state index contributed by atoms with van der Waals surface area (Å²) in [7, 11) is 0. The van der Waals surface area contributed by atoms with Crippen LogP contribution in [0.2, 0.25) is 0 Å². The van der Waals surface area contributed by atoms with E-state index in [1.54, 1.807) is 0 Å². The Morgan fingerprint density at radius 3 is 1.77 bits per heavy atom. The maximum Gasteiger partial charge on any atom is 0.0468 e. The molecule has 0 bridgehead atoms. The van der Waals surface area contributed by atoms with Gasteiger partial charge in [0.25, 0.3) is 0 Å². The molecule has 0 saturated heterocycles. The summed E-state index contributed by atoms with van der Waals surface area (Å²) in [6.45, 7) is 0. The quantitative estimate of drug-likeness (QED) is 0.206. The molecule has 2 heteroatoms. The lowest BCUT2D eigenvalue weighted by Gasteiger charge is -2.26. The summed E-state index contributed by atoms with van der Waals surface area (Å²) in [5, 5.41) is 7.77. The number of nitrogens with zero attached hydrogens (tertiary/aromatic N) is 1. The maximum absolute atomic E-state index is 2.40. The topological polar surface area (TPSA) is 3.24 Å². The molecule has 0 aliphatic rings. The number of hydrogen-bond donors (Lipinski definition) is 0. The molecular formula is C38H25NS. The molecule has 0 unspecified atom stereocenters. The Bertz CT molecular complexity index is 2140. The van der Waals surface area contributed by atoms with Crippen LogP contribution in [0.5, 0.6) is 0 Å². The first-order chi connectivity index (χ1) is 19.8. The number of thiophene rings is 1. The monoisotopic (exact) mass is 527 g/mol. The van der Waals surface area contributed by atoms with Crippen LogP contribution in [0.25, 0.3) is 52.8 Å². The van der Waals surface area contributed by atoms with Crippen LogP contribution in [0.15, 0.2) is 152 Å². The van der Waals surface area contributed by atoms with E-state index in [1.165, 1.54) is 52.8 Å². The Balaban J connectivity index is 1.32.